The second-order valence-corrected chi connectivity index (χ2v) is 15.2. The van der Waals surface area contributed by atoms with Crippen molar-refractivity contribution >= 4 is 38.4 Å². The highest BCUT2D eigenvalue weighted by molar-refractivity contribution is 6.18. The van der Waals surface area contributed by atoms with Gasteiger partial charge in [-0.05, 0) is 94.0 Å². The molecule has 9 heteroatoms. The van der Waals surface area contributed by atoms with Crippen LogP contribution >= 0.6 is 0 Å². The molecule has 2 atom stereocenters. The SMILES string of the molecule is C#Cc1c(F)ccc2cc(C)cc(-c3c(F)c4nc(CCC56CCCN5CCC6)nc(N5CC6CCC(CC)(C5)N6)c4c4cn(C)nc34)c12. The van der Waals surface area contributed by atoms with Gasteiger partial charge in [-0.25, -0.2) is 18.7 Å². The van der Waals surface area contributed by atoms with Crippen molar-refractivity contribution in [3.05, 3.63) is 59.0 Å². The Labute approximate surface area is 286 Å². The molecular weight excluding hydrogens is 616 g/mol. The minimum Gasteiger partial charge on any atom is -0.353 e. The third-order valence-corrected chi connectivity index (χ3v) is 12.3. The van der Waals surface area contributed by atoms with E-state index in [0.717, 1.165) is 74.0 Å². The van der Waals surface area contributed by atoms with Gasteiger partial charge in [0, 0.05) is 66.2 Å². The molecule has 49 heavy (non-hydrogen) atoms. The molecule has 0 radical (unpaired) electrons. The molecule has 2 unspecified atom stereocenters. The van der Waals surface area contributed by atoms with E-state index in [1.165, 1.54) is 31.7 Å². The fourth-order valence-corrected chi connectivity index (χ4v) is 10.0. The maximum absolute atomic E-state index is 17.8. The summed E-state index contributed by atoms with van der Waals surface area (Å²) in [5.74, 6) is 3.07. The van der Waals surface area contributed by atoms with E-state index in [4.69, 9.17) is 21.5 Å². The normalized spacial score (nSPS) is 23.3. The highest BCUT2D eigenvalue weighted by Gasteiger charge is 2.45. The van der Waals surface area contributed by atoms with Gasteiger partial charge in [-0.3, -0.25) is 9.58 Å². The number of terminal acetylenes is 1. The van der Waals surface area contributed by atoms with Crippen molar-refractivity contribution in [3.63, 3.8) is 0 Å². The lowest BCUT2D eigenvalue weighted by atomic mass is 9.88. The molecule has 6 heterocycles. The van der Waals surface area contributed by atoms with E-state index >= 15 is 8.78 Å². The van der Waals surface area contributed by atoms with Gasteiger partial charge in [-0.1, -0.05) is 31.0 Å². The van der Waals surface area contributed by atoms with Gasteiger partial charge in [0.2, 0.25) is 0 Å². The monoisotopic (exact) mass is 659 g/mol. The number of aryl methyl sites for hydroxylation is 3. The Morgan fingerprint density at radius 3 is 2.65 bits per heavy atom. The number of hydrogen-bond acceptors (Lipinski definition) is 6. The average molecular weight is 660 g/mol. The molecular formula is C40H43F2N7. The largest absolute Gasteiger partial charge is 0.353 e. The van der Waals surface area contributed by atoms with Gasteiger partial charge in [-0.2, -0.15) is 5.10 Å². The molecule has 4 aliphatic rings. The van der Waals surface area contributed by atoms with Crippen molar-refractivity contribution in [2.24, 2.45) is 7.05 Å². The van der Waals surface area contributed by atoms with Crippen molar-refractivity contribution < 1.29 is 8.78 Å². The second kappa shape index (κ2) is 11.2. The molecule has 2 aromatic heterocycles. The van der Waals surface area contributed by atoms with Crippen LogP contribution in [0.5, 0.6) is 0 Å². The number of benzene rings is 3. The van der Waals surface area contributed by atoms with Crippen LogP contribution in [0.1, 0.15) is 75.2 Å². The molecule has 0 amide bonds. The first-order chi connectivity index (χ1) is 23.7. The number of fused-ring (bicyclic) bond motifs is 7. The van der Waals surface area contributed by atoms with Gasteiger partial charge in [0.05, 0.1) is 10.9 Å². The molecule has 4 fully saturated rings. The number of nitrogens with one attached hydrogen (secondary N) is 1. The summed E-state index contributed by atoms with van der Waals surface area (Å²) in [5.41, 5.74) is 2.88. The van der Waals surface area contributed by atoms with Gasteiger partial charge in [0.15, 0.2) is 5.82 Å². The van der Waals surface area contributed by atoms with Crippen LogP contribution in [0.3, 0.4) is 0 Å². The summed E-state index contributed by atoms with van der Waals surface area (Å²) in [6.07, 6.45) is 17.6. The number of rotatable bonds is 6. The lowest BCUT2D eigenvalue weighted by Crippen LogP contribution is -2.59. The van der Waals surface area contributed by atoms with Gasteiger partial charge >= 0.3 is 0 Å². The van der Waals surface area contributed by atoms with Crippen molar-refractivity contribution in [1.82, 2.24) is 30.0 Å². The summed E-state index contributed by atoms with van der Waals surface area (Å²) in [6.45, 7) is 8.15. The van der Waals surface area contributed by atoms with E-state index in [0.29, 0.717) is 51.2 Å². The molecule has 1 N–H and O–H groups in total. The number of anilines is 1. The van der Waals surface area contributed by atoms with Crippen LogP contribution in [0.25, 0.3) is 43.7 Å². The van der Waals surface area contributed by atoms with Gasteiger partial charge < -0.3 is 10.2 Å². The molecule has 7 nitrogen and oxygen atoms in total. The zero-order valence-electron chi connectivity index (χ0n) is 28.7. The van der Waals surface area contributed by atoms with Gasteiger partial charge in [0.1, 0.15) is 28.5 Å². The highest BCUT2D eigenvalue weighted by atomic mass is 19.1. The van der Waals surface area contributed by atoms with Gasteiger partial charge in [0.25, 0.3) is 0 Å². The lowest BCUT2D eigenvalue weighted by Gasteiger charge is -2.42. The summed E-state index contributed by atoms with van der Waals surface area (Å²) >= 11 is 0. The van der Waals surface area contributed by atoms with Crippen molar-refractivity contribution in [2.45, 2.75) is 88.8 Å². The van der Waals surface area contributed by atoms with E-state index in [2.05, 4.69) is 28.0 Å². The quantitative estimate of drug-likeness (QED) is 0.195. The van der Waals surface area contributed by atoms with Crippen LogP contribution in [-0.2, 0) is 13.5 Å². The van der Waals surface area contributed by atoms with E-state index in [-0.39, 0.29) is 16.6 Å². The first-order valence-corrected chi connectivity index (χ1v) is 18.0. The number of piperazine rings is 1. The topological polar surface area (TPSA) is 62.1 Å². The molecule has 4 aliphatic heterocycles. The number of halogens is 2. The standard InChI is InChI=1S/C40H43F2N7/c1-5-27-30(41)10-9-25-19-24(3)20-28(32(25)27)33-35(42)37-34(29-22-47(4)46-36(29)33)38(48-21-26-11-15-39(6-2,23-48)45-26)44-31(43-37)12-16-40-13-7-17-49(40)18-8-14-40/h1,9-10,19-20,22,26,45H,6-8,11-18,21,23H2,2-4H3. The molecule has 4 saturated heterocycles. The summed E-state index contributed by atoms with van der Waals surface area (Å²) in [6, 6.07) is 7.32. The van der Waals surface area contributed by atoms with Crippen LogP contribution in [0.4, 0.5) is 14.6 Å². The number of nitrogens with zero attached hydrogens (tertiary/aromatic N) is 6. The Kier molecular flexibility index (Phi) is 7.06. The van der Waals surface area contributed by atoms with Gasteiger partial charge in [-0.15, -0.1) is 6.42 Å². The minimum atomic E-state index is -0.504. The van der Waals surface area contributed by atoms with Crippen molar-refractivity contribution in [3.8, 4) is 23.5 Å². The summed E-state index contributed by atoms with van der Waals surface area (Å²) in [7, 11) is 1.86. The van der Waals surface area contributed by atoms with E-state index in [9.17, 15) is 0 Å². The van der Waals surface area contributed by atoms with E-state index in [1.54, 1.807) is 10.7 Å². The fraction of sp³-hybridized carbons (Fsp3) is 0.475. The summed E-state index contributed by atoms with van der Waals surface area (Å²) < 4.78 is 34.7. The zero-order chi connectivity index (χ0) is 33.7. The Morgan fingerprint density at radius 1 is 1.06 bits per heavy atom. The summed E-state index contributed by atoms with van der Waals surface area (Å²) in [4.78, 5) is 15.5. The van der Waals surface area contributed by atoms with Crippen LogP contribution in [0.15, 0.2) is 30.5 Å². The van der Waals surface area contributed by atoms with E-state index < -0.39 is 11.6 Å². The first kappa shape index (κ1) is 30.9. The predicted molar refractivity (Wildman–Crippen MR) is 192 cm³/mol. The second-order valence-electron chi connectivity index (χ2n) is 15.2. The average Bonchev–Trinajstić information content (AvgIpc) is 3.86. The third kappa shape index (κ3) is 4.70. The minimum absolute atomic E-state index is 0.0101. The van der Waals surface area contributed by atoms with Crippen molar-refractivity contribution in [1.29, 1.82) is 0 Å². The smallest absolute Gasteiger partial charge is 0.159 e. The lowest BCUT2D eigenvalue weighted by molar-refractivity contribution is 0.181. The number of hydrogen-bond donors (Lipinski definition) is 1. The van der Waals surface area contributed by atoms with E-state index in [1.807, 2.05) is 32.3 Å². The Balaban J connectivity index is 1.31. The predicted octanol–water partition coefficient (Wildman–Crippen LogP) is 7.19. The fourth-order valence-electron chi connectivity index (χ4n) is 10.0. The zero-order valence-corrected chi connectivity index (χ0v) is 28.7. The Morgan fingerprint density at radius 2 is 1.88 bits per heavy atom. The molecule has 0 spiro atoms. The highest BCUT2D eigenvalue weighted by Crippen LogP contribution is 2.46. The molecule has 252 valence electrons. The molecule has 0 aliphatic carbocycles. The van der Waals surface area contributed by atoms with Crippen LogP contribution in [0, 0.1) is 30.9 Å². The molecule has 5 aromatic rings. The first-order valence-electron chi connectivity index (χ1n) is 18.0. The molecule has 2 bridgehead atoms. The molecule has 9 rings (SSSR count). The number of aromatic nitrogens is 4. The Hall–Kier alpha value is -4.13. The van der Waals surface area contributed by atoms with Crippen LogP contribution in [-0.4, -0.2) is 67.9 Å². The maximum Gasteiger partial charge on any atom is 0.159 e. The molecule has 0 saturated carbocycles. The summed E-state index contributed by atoms with van der Waals surface area (Å²) in [5, 5.41) is 11.5. The molecule has 3 aromatic carbocycles. The van der Waals surface area contributed by atoms with Crippen molar-refractivity contribution in [2.75, 3.05) is 31.1 Å². The van der Waals surface area contributed by atoms with Crippen LogP contribution < -0.4 is 10.2 Å². The third-order valence-electron chi connectivity index (χ3n) is 12.3. The van der Waals surface area contributed by atoms with Crippen LogP contribution in [0.2, 0.25) is 0 Å². The maximum atomic E-state index is 17.8. The Bertz CT molecular complexity index is 2210.